The molecule has 0 saturated carbocycles. The normalized spacial score (nSPS) is 13.9. The van der Waals surface area contributed by atoms with Crippen LogP contribution in [0.4, 0.5) is 10.2 Å². The Bertz CT molecular complexity index is 1020. The van der Waals surface area contributed by atoms with E-state index in [1.165, 1.54) is 17.7 Å². The molecule has 0 aliphatic carbocycles. The van der Waals surface area contributed by atoms with E-state index < -0.39 is 0 Å². The van der Waals surface area contributed by atoms with Crippen LogP contribution in [0.2, 0.25) is 0 Å². The van der Waals surface area contributed by atoms with Crippen molar-refractivity contribution in [1.82, 2.24) is 24.8 Å². The smallest absolute Gasteiger partial charge is 0.163 e. The monoisotopic (exact) mass is 434 g/mol. The number of pyridine rings is 1. The Labute approximate surface area is 189 Å². The standard InChI is InChI=1S/C25H31FN6/c1-4-32(15-14-30(2)3)25-22-18-31(17-19-7-9-21(26)10-8-19)13-11-23(22)28-24(29-25)20-6-5-12-27-16-20/h5-10,12,16H,4,11,13-15,17-18H2,1-3H3. The van der Waals surface area contributed by atoms with E-state index in [9.17, 15) is 4.39 Å². The van der Waals surface area contributed by atoms with Crippen LogP contribution in [0.15, 0.2) is 48.8 Å². The molecular formula is C25H31FN6. The maximum Gasteiger partial charge on any atom is 0.163 e. The highest BCUT2D eigenvalue weighted by molar-refractivity contribution is 5.60. The number of hydrogen-bond acceptors (Lipinski definition) is 6. The lowest BCUT2D eigenvalue weighted by atomic mass is 10.0. The highest BCUT2D eigenvalue weighted by Crippen LogP contribution is 2.30. The maximum absolute atomic E-state index is 13.3. The van der Waals surface area contributed by atoms with Gasteiger partial charge in [0.1, 0.15) is 11.6 Å². The summed E-state index contributed by atoms with van der Waals surface area (Å²) in [6, 6.07) is 10.7. The van der Waals surface area contributed by atoms with E-state index in [0.717, 1.165) is 74.2 Å². The summed E-state index contributed by atoms with van der Waals surface area (Å²) in [5.74, 6) is 1.56. The molecule has 7 heteroatoms. The zero-order valence-corrected chi connectivity index (χ0v) is 19.1. The Balaban J connectivity index is 1.67. The Hall–Kier alpha value is -2.90. The second-order valence-electron chi connectivity index (χ2n) is 8.51. The molecule has 0 bridgehead atoms. The number of benzene rings is 1. The van der Waals surface area contributed by atoms with Gasteiger partial charge in [-0.3, -0.25) is 9.88 Å². The van der Waals surface area contributed by atoms with Gasteiger partial charge in [0.15, 0.2) is 5.82 Å². The van der Waals surface area contributed by atoms with Gasteiger partial charge in [-0.1, -0.05) is 12.1 Å². The lowest BCUT2D eigenvalue weighted by Crippen LogP contribution is -2.36. The van der Waals surface area contributed by atoms with E-state index in [1.807, 2.05) is 30.5 Å². The molecule has 168 valence electrons. The molecule has 0 N–H and O–H groups in total. The molecule has 3 heterocycles. The van der Waals surface area contributed by atoms with Gasteiger partial charge in [-0.25, -0.2) is 14.4 Å². The number of hydrogen-bond donors (Lipinski definition) is 0. The van der Waals surface area contributed by atoms with Gasteiger partial charge < -0.3 is 9.80 Å². The number of aromatic nitrogens is 3. The molecule has 32 heavy (non-hydrogen) atoms. The second kappa shape index (κ2) is 10.1. The number of anilines is 1. The first-order chi connectivity index (χ1) is 15.5. The summed E-state index contributed by atoms with van der Waals surface area (Å²) in [4.78, 5) is 21.2. The van der Waals surface area contributed by atoms with Gasteiger partial charge in [0.05, 0.1) is 5.69 Å². The van der Waals surface area contributed by atoms with Crippen molar-refractivity contribution in [2.75, 3.05) is 45.2 Å². The summed E-state index contributed by atoms with van der Waals surface area (Å²) >= 11 is 0. The zero-order valence-electron chi connectivity index (χ0n) is 19.1. The third kappa shape index (κ3) is 5.29. The second-order valence-corrected chi connectivity index (χ2v) is 8.51. The Kier molecular flexibility index (Phi) is 7.07. The van der Waals surface area contributed by atoms with Gasteiger partial charge in [-0.2, -0.15) is 0 Å². The number of likely N-dealkylation sites (N-methyl/N-ethyl adjacent to an activating group) is 2. The summed E-state index contributed by atoms with van der Waals surface area (Å²) in [5.41, 5.74) is 4.37. The molecule has 6 nitrogen and oxygen atoms in total. The number of fused-ring (bicyclic) bond motifs is 1. The fourth-order valence-electron chi connectivity index (χ4n) is 4.06. The molecule has 4 rings (SSSR count). The molecule has 2 aromatic heterocycles. The first kappa shape index (κ1) is 22.3. The summed E-state index contributed by atoms with van der Waals surface area (Å²) < 4.78 is 13.3. The number of halogens is 1. The van der Waals surface area contributed by atoms with Crippen molar-refractivity contribution in [1.29, 1.82) is 0 Å². The molecule has 0 unspecified atom stereocenters. The van der Waals surface area contributed by atoms with E-state index in [0.29, 0.717) is 0 Å². The van der Waals surface area contributed by atoms with Crippen LogP contribution in [0.3, 0.4) is 0 Å². The minimum atomic E-state index is -0.198. The van der Waals surface area contributed by atoms with Crippen LogP contribution in [-0.2, 0) is 19.5 Å². The molecule has 0 radical (unpaired) electrons. The summed E-state index contributed by atoms with van der Waals surface area (Å²) in [5, 5.41) is 0. The van der Waals surface area contributed by atoms with Gasteiger partial charge in [0.25, 0.3) is 0 Å². The minimum Gasteiger partial charge on any atom is -0.355 e. The Morgan fingerprint density at radius 1 is 1.06 bits per heavy atom. The molecule has 3 aromatic rings. The van der Waals surface area contributed by atoms with Crippen LogP contribution in [0.25, 0.3) is 11.4 Å². The van der Waals surface area contributed by atoms with Gasteiger partial charge in [0.2, 0.25) is 0 Å². The van der Waals surface area contributed by atoms with Gasteiger partial charge in [0, 0.05) is 69.2 Å². The van der Waals surface area contributed by atoms with Crippen molar-refractivity contribution in [3.05, 3.63) is 71.4 Å². The average Bonchev–Trinajstić information content (AvgIpc) is 2.81. The minimum absolute atomic E-state index is 0.198. The van der Waals surface area contributed by atoms with Crippen LogP contribution in [-0.4, -0.2) is 65.0 Å². The lowest BCUT2D eigenvalue weighted by molar-refractivity contribution is 0.243. The molecule has 0 saturated heterocycles. The Morgan fingerprint density at radius 3 is 2.56 bits per heavy atom. The van der Waals surface area contributed by atoms with E-state index in [1.54, 1.807) is 6.20 Å². The summed E-state index contributed by atoms with van der Waals surface area (Å²) in [7, 11) is 4.18. The largest absolute Gasteiger partial charge is 0.355 e. The van der Waals surface area contributed by atoms with E-state index in [2.05, 4.69) is 40.7 Å². The van der Waals surface area contributed by atoms with Crippen LogP contribution in [0, 0.1) is 5.82 Å². The van der Waals surface area contributed by atoms with Crippen LogP contribution < -0.4 is 4.90 Å². The SMILES string of the molecule is CCN(CCN(C)C)c1nc(-c2cccnc2)nc2c1CN(Cc1ccc(F)cc1)CC2. The lowest BCUT2D eigenvalue weighted by Gasteiger charge is -2.33. The molecule has 0 amide bonds. The molecule has 0 fully saturated rings. The van der Waals surface area contributed by atoms with Crippen molar-refractivity contribution in [2.45, 2.75) is 26.4 Å². The third-order valence-corrected chi connectivity index (χ3v) is 5.86. The van der Waals surface area contributed by atoms with Gasteiger partial charge >= 0.3 is 0 Å². The molecule has 1 aromatic carbocycles. The molecule has 1 aliphatic rings. The first-order valence-corrected chi connectivity index (χ1v) is 11.2. The van der Waals surface area contributed by atoms with Crippen LogP contribution in [0.5, 0.6) is 0 Å². The highest BCUT2D eigenvalue weighted by Gasteiger charge is 2.25. The van der Waals surface area contributed by atoms with E-state index in [4.69, 9.17) is 9.97 Å². The maximum atomic E-state index is 13.3. The number of rotatable bonds is 8. The van der Waals surface area contributed by atoms with E-state index in [-0.39, 0.29) is 5.82 Å². The predicted octanol–water partition coefficient (Wildman–Crippen LogP) is 3.62. The van der Waals surface area contributed by atoms with Crippen LogP contribution >= 0.6 is 0 Å². The quantitative estimate of drug-likeness (QED) is 0.540. The predicted molar refractivity (Wildman–Crippen MR) is 126 cm³/mol. The van der Waals surface area contributed by atoms with Crippen molar-refractivity contribution >= 4 is 5.82 Å². The average molecular weight is 435 g/mol. The van der Waals surface area contributed by atoms with Gasteiger partial charge in [-0.15, -0.1) is 0 Å². The number of nitrogens with zero attached hydrogens (tertiary/aromatic N) is 6. The van der Waals surface area contributed by atoms with Crippen molar-refractivity contribution in [2.24, 2.45) is 0 Å². The fraction of sp³-hybridized carbons (Fsp3) is 0.400. The molecule has 0 spiro atoms. The van der Waals surface area contributed by atoms with E-state index >= 15 is 0 Å². The summed E-state index contributed by atoms with van der Waals surface area (Å²) in [6.07, 6.45) is 4.46. The summed E-state index contributed by atoms with van der Waals surface area (Å²) in [6.45, 7) is 7.39. The van der Waals surface area contributed by atoms with Crippen molar-refractivity contribution in [3.8, 4) is 11.4 Å². The molecule has 1 aliphatic heterocycles. The fourth-order valence-corrected chi connectivity index (χ4v) is 4.06. The highest BCUT2D eigenvalue weighted by atomic mass is 19.1. The Morgan fingerprint density at radius 2 is 1.88 bits per heavy atom. The zero-order chi connectivity index (χ0) is 22.5. The first-order valence-electron chi connectivity index (χ1n) is 11.2. The topological polar surface area (TPSA) is 48.4 Å². The molecule has 0 atom stereocenters. The third-order valence-electron chi connectivity index (χ3n) is 5.86. The van der Waals surface area contributed by atoms with Crippen LogP contribution in [0.1, 0.15) is 23.7 Å². The van der Waals surface area contributed by atoms with Gasteiger partial charge in [-0.05, 0) is 50.8 Å². The van der Waals surface area contributed by atoms with Crippen molar-refractivity contribution in [3.63, 3.8) is 0 Å². The van der Waals surface area contributed by atoms with Crippen molar-refractivity contribution < 1.29 is 4.39 Å². The molecular weight excluding hydrogens is 403 g/mol.